The van der Waals surface area contributed by atoms with E-state index in [0.29, 0.717) is 17.5 Å². The predicted octanol–water partition coefficient (Wildman–Crippen LogP) is 3.26. The molecule has 3 heterocycles. The highest BCUT2D eigenvalue weighted by atomic mass is 19.1. The fraction of sp³-hybridized carbons (Fsp3) is 0.526. The zero-order chi connectivity index (χ0) is 18.0. The number of halogens is 1. The average Bonchev–Trinajstić information content (AvgIpc) is 3.06. The average molecular weight is 344 g/mol. The molecule has 1 saturated heterocycles. The first-order valence-electron chi connectivity index (χ1n) is 8.71. The molecule has 0 radical (unpaired) electrons. The molecule has 0 aromatic carbocycles. The molecule has 1 fully saturated rings. The number of nitrogens with zero attached hydrogens (tertiary/aromatic N) is 4. The number of hydrogen-bond acceptors (Lipinski definition) is 5. The van der Waals surface area contributed by atoms with Crippen molar-refractivity contribution in [2.24, 2.45) is 5.92 Å². The van der Waals surface area contributed by atoms with Crippen molar-refractivity contribution in [3.8, 4) is 5.88 Å². The Labute approximate surface area is 148 Å². The molecule has 0 spiro atoms. The number of rotatable bonds is 5. The Bertz CT molecular complexity index is 752. The second-order valence-electron chi connectivity index (χ2n) is 6.79. The molecule has 0 bridgehead atoms. The van der Waals surface area contributed by atoms with E-state index in [1.807, 2.05) is 27.0 Å². The SMILES string of the molecule is COc1ccc(F)c(C(C)N2CC[C@H](Cc3ncc(C)nc3C)C2)n1. The van der Waals surface area contributed by atoms with Crippen LogP contribution < -0.4 is 4.74 Å². The highest BCUT2D eigenvalue weighted by Gasteiger charge is 2.29. The summed E-state index contributed by atoms with van der Waals surface area (Å²) in [5.74, 6) is 0.674. The third-order valence-corrected chi connectivity index (χ3v) is 4.97. The van der Waals surface area contributed by atoms with Crippen molar-refractivity contribution in [3.63, 3.8) is 0 Å². The number of ether oxygens (including phenoxy) is 1. The Morgan fingerprint density at radius 1 is 1.32 bits per heavy atom. The molecule has 3 rings (SSSR count). The fourth-order valence-corrected chi connectivity index (χ4v) is 3.50. The maximum Gasteiger partial charge on any atom is 0.213 e. The molecule has 0 saturated carbocycles. The van der Waals surface area contributed by atoms with Gasteiger partial charge in [-0.25, -0.2) is 9.37 Å². The molecular weight excluding hydrogens is 319 g/mol. The molecule has 134 valence electrons. The first-order valence-corrected chi connectivity index (χ1v) is 8.71. The lowest BCUT2D eigenvalue weighted by Gasteiger charge is -2.24. The van der Waals surface area contributed by atoms with Crippen molar-refractivity contribution in [3.05, 3.63) is 46.9 Å². The maximum atomic E-state index is 14.2. The molecule has 1 unspecified atom stereocenters. The van der Waals surface area contributed by atoms with Gasteiger partial charge in [-0.05, 0) is 52.1 Å². The molecule has 0 aliphatic carbocycles. The van der Waals surface area contributed by atoms with Gasteiger partial charge in [-0.3, -0.25) is 14.9 Å². The van der Waals surface area contributed by atoms with E-state index in [9.17, 15) is 4.39 Å². The van der Waals surface area contributed by atoms with Crippen molar-refractivity contribution in [1.29, 1.82) is 0 Å². The minimum Gasteiger partial charge on any atom is -0.481 e. The fourth-order valence-electron chi connectivity index (χ4n) is 3.50. The van der Waals surface area contributed by atoms with Crippen LogP contribution in [0, 0.1) is 25.6 Å². The summed E-state index contributed by atoms with van der Waals surface area (Å²) in [5.41, 5.74) is 3.47. The van der Waals surface area contributed by atoms with Gasteiger partial charge in [0.2, 0.25) is 5.88 Å². The van der Waals surface area contributed by atoms with Crippen LogP contribution in [0.25, 0.3) is 0 Å². The van der Waals surface area contributed by atoms with Gasteiger partial charge in [0.05, 0.1) is 35.9 Å². The molecule has 5 nitrogen and oxygen atoms in total. The highest BCUT2D eigenvalue weighted by Crippen LogP contribution is 2.30. The van der Waals surface area contributed by atoms with Crippen LogP contribution >= 0.6 is 0 Å². The predicted molar refractivity (Wildman–Crippen MR) is 94.1 cm³/mol. The van der Waals surface area contributed by atoms with E-state index in [1.54, 1.807) is 13.2 Å². The summed E-state index contributed by atoms with van der Waals surface area (Å²) in [6.45, 7) is 7.82. The number of pyridine rings is 1. The zero-order valence-electron chi connectivity index (χ0n) is 15.3. The molecular formula is C19H25FN4O. The van der Waals surface area contributed by atoms with Crippen molar-refractivity contribution >= 4 is 0 Å². The van der Waals surface area contributed by atoms with Gasteiger partial charge >= 0.3 is 0 Å². The van der Waals surface area contributed by atoms with Crippen molar-refractivity contribution in [2.75, 3.05) is 20.2 Å². The highest BCUT2D eigenvalue weighted by molar-refractivity contribution is 5.20. The normalized spacial score (nSPS) is 19.2. The van der Waals surface area contributed by atoms with Gasteiger partial charge in [0, 0.05) is 18.8 Å². The number of methoxy groups -OCH3 is 1. The van der Waals surface area contributed by atoms with Crippen LogP contribution in [0.5, 0.6) is 5.88 Å². The molecule has 25 heavy (non-hydrogen) atoms. The lowest BCUT2D eigenvalue weighted by molar-refractivity contribution is 0.240. The van der Waals surface area contributed by atoms with E-state index in [4.69, 9.17) is 4.74 Å². The third kappa shape index (κ3) is 3.95. The standard InChI is InChI=1S/C19H25FN4O/c1-12-10-21-17(13(2)22-12)9-15-7-8-24(11-15)14(3)19-16(20)5-6-18(23-19)25-4/h5-6,10,14-15H,7-9,11H2,1-4H3/t14?,15-/m1/s1. The van der Waals surface area contributed by atoms with Gasteiger partial charge in [0.1, 0.15) is 5.82 Å². The second kappa shape index (κ2) is 7.44. The first kappa shape index (κ1) is 17.7. The lowest BCUT2D eigenvalue weighted by Crippen LogP contribution is -2.26. The van der Waals surface area contributed by atoms with Gasteiger partial charge < -0.3 is 4.74 Å². The number of aromatic nitrogens is 3. The smallest absolute Gasteiger partial charge is 0.213 e. The number of hydrogen-bond donors (Lipinski definition) is 0. The van der Waals surface area contributed by atoms with Gasteiger partial charge in [-0.2, -0.15) is 0 Å². The zero-order valence-corrected chi connectivity index (χ0v) is 15.3. The van der Waals surface area contributed by atoms with E-state index in [-0.39, 0.29) is 11.9 Å². The van der Waals surface area contributed by atoms with E-state index in [1.165, 1.54) is 6.07 Å². The second-order valence-corrected chi connectivity index (χ2v) is 6.79. The number of likely N-dealkylation sites (tertiary alicyclic amines) is 1. The summed E-state index contributed by atoms with van der Waals surface area (Å²) < 4.78 is 19.3. The van der Waals surface area contributed by atoms with Crippen LogP contribution in [0.3, 0.4) is 0 Å². The van der Waals surface area contributed by atoms with Crippen LogP contribution in [0.2, 0.25) is 0 Å². The van der Waals surface area contributed by atoms with Crippen molar-refractivity contribution in [1.82, 2.24) is 19.9 Å². The minimum absolute atomic E-state index is 0.0784. The van der Waals surface area contributed by atoms with Gasteiger partial charge in [0.15, 0.2) is 0 Å². The molecule has 6 heteroatoms. The molecule has 0 amide bonds. The van der Waals surface area contributed by atoms with Gasteiger partial charge in [-0.15, -0.1) is 0 Å². The Balaban J connectivity index is 1.68. The topological polar surface area (TPSA) is 51.1 Å². The van der Waals surface area contributed by atoms with Crippen LogP contribution in [0.15, 0.2) is 18.3 Å². The van der Waals surface area contributed by atoms with E-state index < -0.39 is 0 Å². The molecule has 2 aromatic rings. The molecule has 1 aliphatic heterocycles. The summed E-state index contributed by atoms with van der Waals surface area (Å²) >= 11 is 0. The Morgan fingerprint density at radius 2 is 2.12 bits per heavy atom. The monoisotopic (exact) mass is 344 g/mol. The summed E-state index contributed by atoms with van der Waals surface area (Å²) in [6, 6.07) is 2.90. The van der Waals surface area contributed by atoms with E-state index in [2.05, 4.69) is 19.9 Å². The summed E-state index contributed by atoms with van der Waals surface area (Å²) in [5, 5.41) is 0. The van der Waals surface area contributed by atoms with Crippen molar-refractivity contribution in [2.45, 2.75) is 39.7 Å². The molecule has 0 N–H and O–H groups in total. The van der Waals surface area contributed by atoms with Gasteiger partial charge in [0.25, 0.3) is 0 Å². The lowest BCUT2D eigenvalue weighted by atomic mass is 10.0. The quantitative estimate of drug-likeness (QED) is 0.833. The maximum absolute atomic E-state index is 14.2. The first-order chi connectivity index (χ1) is 12.0. The van der Waals surface area contributed by atoms with E-state index in [0.717, 1.165) is 43.0 Å². The van der Waals surface area contributed by atoms with Crippen LogP contribution in [0.1, 0.15) is 42.2 Å². The Morgan fingerprint density at radius 3 is 2.84 bits per heavy atom. The largest absolute Gasteiger partial charge is 0.481 e. The van der Waals surface area contributed by atoms with Crippen LogP contribution in [0.4, 0.5) is 4.39 Å². The summed E-state index contributed by atoms with van der Waals surface area (Å²) in [7, 11) is 1.55. The Hall–Kier alpha value is -2.08. The van der Waals surface area contributed by atoms with Crippen LogP contribution in [-0.4, -0.2) is 40.1 Å². The summed E-state index contributed by atoms with van der Waals surface area (Å²) in [4.78, 5) is 15.6. The van der Waals surface area contributed by atoms with Crippen molar-refractivity contribution < 1.29 is 9.13 Å². The number of aryl methyl sites for hydroxylation is 2. The van der Waals surface area contributed by atoms with Gasteiger partial charge in [-0.1, -0.05) is 0 Å². The third-order valence-electron chi connectivity index (χ3n) is 4.97. The minimum atomic E-state index is -0.281. The van der Waals surface area contributed by atoms with Crippen LogP contribution in [-0.2, 0) is 6.42 Å². The Kier molecular flexibility index (Phi) is 5.27. The summed E-state index contributed by atoms with van der Waals surface area (Å²) in [6.07, 6.45) is 3.81. The molecule has 1 aliphatic rings. The molecule has 2 aromatic heterocycles. The van der Waals surface area contributed by atoms with E-state index >= 15 is 0 Å². The molecule has 2 atom stereocenters.